The van der Waals surface area contributed by atoms with E-state index >= 15 is 0 Å². The second-order valence-corrected chi connectivity index (χ2v) is 5.21. The lowest BCUT2D eigenvalue weighted by Crippen LogP contribution is -2.45. The van der Waals surface area contributed by atoms with E-state index in [4.69, 9.17) is 11.6 Å². The SMILES string of the molecule is CN(C)CC(C)(O)CNCc1ccncc1Cl. The zero-order chi connectivity index (χ0) is 12.9. The topological polar surface area (TPSA) is 48.4 Å². The second kappa shape index (κ2) is 6.31. The van der Waals surface area contributed by atoms with Crippen LogP contribution in [0.2, 0.25) is 5.02 Å². The van der Waals surface area contributed by atoms with Gasteiger partial charge in [0.2, 0.25) is 0 Å². The van der Waals surface area contributed by atoms with E-state index in [0.29, 0.717) is 24.7 Å². The Kier molecular flexibility index (Phi) is 5.33. The van der Waals surface area contributed by atoms with Crippen molar-refractivity contribution in [2.24, 2.45) is 0 Å². The first-order valence-electron chi connectivity index (χ1n) is 5.57. The summed E-state index contributed by atoms with van der Waals surface area (Å²) in [6, 6.07) is 1.87. The van der Waals surface area contributed by atoms with Gasteiger partial charge in [0.1, 0.15) is 0 Å². The van der Waals surface area contributed by atoms with Gasteiger partial charge in [0.05, 0.1) is 10.6 Å². The van der Waals surface area contributed by atoms with E-state index in [9.17, 15) is 5.11 Å². The first-order chi connectivity index (χ1) is 7.91. The highest BCUT2D eigenvalue weighted by Gasteiger charge is 2.20. The highest BCUT2D eigenvalue weighted by molar-refractivity contribution is 6.31. The molecule has 0 bridgehead atoms. The Labute approximate surface area is 108 Å². The van der Waals surface area contributed by atoms with Crippen LogP contribution in [0.5, 0.6) is 0 Å². The number of aliphatic hydroxyl groups is 1. The fourth-order valence-electron chi connectivity index (χ4n) is 1.75. The van der Waals surface area contributed by atoms with E-state index in [-0.39, 0.29) is 0 Å². The van der Waals surface area contributed by atoms with Crippen LogP contribution in [-0.4, -0.2) is 47.8 Å². The maximum atomic E-state index is 10.1. The van der Waals surface area contributed by atoms with Crippen LogP contribution in [0.15, 0.2) is 18.5 Å². The summed E-state index contributed by atoms with van der Waals surface area (Å²) >= 11 is 5.99. The number of pyridine rings is 1. The number of aromatic nitrogens is 1. The molecule has 0 spiro atoms. The van der Waals surface area contributed by atoms with Crippen LogP contribution in [0.4, 0.5) is 0 Å². The van der Waals surface area contributed by atoms with Crippen molar-refractivity contribution in [3.63, 3.8) is 0 Å². The lowest BCUT2D eigenvalue weighted by Gasteiger charge is -2.27. The Balaban J connectivity index is 2.40. The smallest absolute Gasteiger partial charge is 0.0869 e. The van der Waals surface area contributed by atoms with Crippen LogP contribution in [-0.2, 0) is 6.54 Å². The molecule has 17 heavy (non-hydrogen) atoms. The zero-order valence-corrected chi connectivity index (χ0v) is 11.3. The van der Waals surface area contributed by atoms with Gasteiger partial charge in [0.25, 0.3) is 0 Å². The lowest BCUT2D eigenvalue weighted by molar-refractivity contribution is 0.0336. The van der Waals surface area contributed by atoms with Gasteiger partial charge in [-0.05, 0) is 32.6 Å². The third-order valence-corrected chi connectivity index (χ3v) is 2.67. The lowest BCUT2D eigenvalue weighted by atomic mass is 10.1. The highest BCUT2D eigenvalue weighted by Crippen LogP contribution is 2.13. The summed E-state index contributed by atoms with van der Waals surface area (Å²) in [6.07, 6.45) is 3.33. The molecular weight excluding hydrogens is 238 g/mol. The van der Waals surface area contributed by atoms with Gasteiger partial charge in [-0.15, -0.1) is 0 Å². The van der Waals surface area contributed by atoms with E-state index in [2.05, 4.69) is 10.3 Å². The van der Waals surface area contributed by atoms with Crippen LogP contribution in [0.1, 0.15) is 12.5 Å². The molecule has 1 unspecified atom stereocenters. The van der Waals surface area contributed by atoms with Gasteiger partial charge in [0, 0.05) is 32.0 Å². The summed E-state index contributed by atoms with van der Waals surface area (Å²) in [4.78, 5) is 5.88. The van der Waals surface area contributed by atoms with E-state index < -0.39 is 5.60 Å². The van der Waals surface area contributed by atoms with Gasteiger partial charge in [-0.25, -0.2) is 0 Å². The summed E-state index contributed by atoms with van der Waals surface area (Å²) in [7, 11) is 3.88. The number of nitrogens with one attached hydrogen (secondary N) is 1. The molecule has 0 amide bonds. The maximum absolute atomic E-state index is 10.1. The van der Waals surface area contributed by atoms with E-state index in [1.807, 2.05) is 32.0 Å². The largest absolute Gasteiger partial charge is 0.388 e. The molecule has 0 saturated heterocycles. The fraction of sp³-hybridized carbons (Fsp3) is 0.583. The molecule has 0 radical (unpaired) electrons. The number of likely N-dealkylation sites (N-methyl/N-ethyl adjacent to an activating group) is 1. The van der Waals surface area contributed by atoms with E-state index in [1.54, 1.807) is 12.4 Å². The van der Waals surface area contributed by atoms with Gasteiger partial charge in [0.15, 0.2) is 0 Å². The standard InChI is InChI=1S/C12H20ClN3O/c1-12(17,9-16(2)3)8-15-6-10-4-5-14-7-11(10)13/h4-5,7,15,17H,6,8-9H2,1-3H3. The molecule has 1 aromatic rings. The van der Waals surface area contributed by atoms with Crippen molar-refractivity contribution in [1.82, 2.24) is 15.2 Å². The quantitative estimate of drug-likeness (QED) is 0.802. The van der Waals surface area contributed by atoms with Crippen LogP contribution in [0, 0.1) is 0 Å². The Morgan fingerprint density at radius 3 is 2.82 bits per heavy atom. The van der Waals surface area contributed by atoms with Crippen molar-refractivity contribution in [3.05, 3.63) is 29.0 Å². The number of rotatable bonds is 6. The molecule has 0 fully saturated rings. The molecule has 5 heteroatoms. The first-order valence-corrected chi connectivity index (χ1v) is 5.95. The predicted octanol–water partition coefficient (Wildman–Crippen LogP) is 1.14. The molecule has 0 aliphatic rings. The van der Waals surface area contributed by atoms with E-state index in [1.165, 1.54) is 0 Å². The van der Waals surface area contributed by atoms with Crippen LogP contribution in [0.25, 0.3) is 0 Å². The normalized spacial score (nSPS) is 14.9. The Morgan fingerprint density at radius 2 is 2.24 bits per heavy atom. The number of nitrogens with zero attached hydrogens (tertiary/aromatic N) is 2. The second-order valence-electron chi connectivity index (χ2n) is 4.81. The molecule has 0 aromatic carbocycles. The Bertz CT molecular complexity index is 355. The van der Waals surface area contributed by atoms with Crippen molar-refractivity contribution >= 4 is 11.6 Å². The fourth-order valence-corrected chi connectivity index (χ4v) is 1.94. The molecular formula is C12H20ClN3O. The summed E-state index contributed by atoms with van der Waals surface area (Å²) in [6.45, 7) is 3.58. The van der Waals surface area contributed by atoms with Crippen LogP contribution < -0.4 is 5.32 Å². The minimum absolute atomic E-state index is 0.518. The number of hydrogen-bond acceptors (Lipinski definition) is 4. The first kappa shape index (κ1) is 14.4. The monoisotopic (exact) mass is 257 g/mol. The molecule has 96 valence electrons. The molecule has 0 aliphatic carbocycles. The zero-order valence-electron chi connectivity index (χ0n) is 10.6. The molecule has 1 heterocycles. The molecule has 0 aliphatic heterocycles. The maximum Gasteiger partial charge on any atom is 0.0869 e. The van der Waals surface area contributed by atoms with Crippen molar-refractivity contribution in [2.45, 2.75) is 19.1 Å². The van der Waals surface area contributed by atoms with Crippen LogP contribution >= 0.6 is 11.6 Å². The predicted molar refractivity (Wildman–Crippen MR) is 70.1 cm³/mol. The number of hydrogen-bond donors (Lipinski definition) is 2. The van der Waals surface area contributed by atoms with E-state index in [0.717, 1.165) is 5.56 Å². The molecule has 1 aromatic heterocycles. The molecule has 2 N–H and O–H groups in total. The highest BCUT2D eigenvalue weighted by atomic mass is 35.5. The minimum Gasteiger partial charge on any atom is -0.388 e. The third-order valence-electron chi connectivity index (χ3n) is 2.33. The average Bonchev–Trinajstić information content (AvgIpc) is 2.18. The minimum atomic E-state index is -0.747. The molecule has 1 atom stereocenters. The van der Waals surface area contributed by atoms with Crippen molar-refractivity contribution in [3.8, 4) is 0 Å². The Morgan fingerprint density at radius 1 is 1.53 bits per heavy atom. The summed E-state index contributed by atoms with van der Waals surface area (Å²) in [5.74, 6) is 0. The molecule has 0 saturated carbocycles. The van der Waals surface area contributed by atoms with Gasteiger partial charge in [-0.1, -0.05) is 11.6 Å². The van der Waals surface area contributed by atoms with Crippen molar-refractivity contribution < 1.29 is 5.11 Å². The Hall–Kier alpha value is -0.680. The van der Waals surface area contributed by atoms with Gasteiger partial charge in [-0.2, -0.15) is 0 Å². The van der Waals surface area contributed by atoms with Crippen molar-refractivity contribution in [1.29, 1.82) is 0 Å². The third kappa shape index (κ3) is 5.46. The molecule has 1 rings (SSSR count). The number of halogens is 1. The van der Waals surface area contributed by atoms with Crippen LogP contribution in [0.3, 0.4) is 0 Å². The summed E-state index contributed by atoms with van der Waals surface area (Å²) in [5.41, 5.74) is 0.241. The van der Waals surface area contributed by atoms with Gasteiger partial charge < -0.3 is 15.3 Å². The van der Waals surface area contributed by atoms with Gasteiger partial charge in [-0.3, -0.25) is 4.98 Å². The average molecular weight is 258 g/mol. The molecule has 4 nitrogen and oxygen atoms in total. The van der Waals surface area contributed by atoms with Gasteiger partial charge >= 0.3 is 0 Å². The van der Waals surface area contributed by atoms with Crippen molar-refractivity contribution in [2.75, 3.05) is 27.2 Å². The summed E-state index contributed by atoms with van der Waals surface area (Å²) in [5, 5.41) is 13.9. The summed E-state index contributed by atoms with van der Waals surface area (Å²) < 4.78 is 0.